The standard InChI is InChI=1S/C19H21ClFN5O3S/c1-24(16(28)7-12-10-30-19-23-3-4-26(12)19)8-13(27)9-25(2)18(29)17-14(20)5-11(21)6-15(17)22/h3-6,10,13,27H,7-9,22H2,1-2H3. The van der Waals surface area contributed by atoms with Crippen LogP contribution in [-0.2, 0) is 11.2 Å². The van der Waals surface area contributed by atoms with Crippen molar-refractivity contribution in [2.75, 3.05) is 32.9 Å². The molecule has 0 spiro atoms. The van der Waals surface area contributed by atoms with Gasteiger partial charge in [0, 0.05) is 56.3 Å². The first-order valence-corrected chi connectivity index (χ1v) is 10.2. The topological polar surface area (TPSA) is 104 Å². The summed E-state index contributed by atoms with van der Waals surface area (Å²) in [5.41, 5.74) is 6.42. The van der Waals surface area contributed by atoms with Gasteiger partial charge in [-0.3, -0.25) is 14.0 Å². The molecular weight excluding hydrogens is 433 g/mol. The number of aliphatic hydroxyl groups is 1. The molecule has 30 heavy (non-hydrogen) atoms. The van der Waals surface area contributed by atoms with Crippen molar-refractivity contribution in [3.8, 4) is 0 Å². The van der Waals surface area contributed by atoms with Crippen molar-refractivity contribution in [1.29, 1.82) is 0 Å². The van der Waals surface area contributed by atoms with Crippen LogP contribution in [0.5, 0.6) is 0 Å². The second-order valence-electron chi connectivity index (χ2n) is 6.95. The molecule has 2 aromatic heterocycles. The van der Waals surface area contributed by atoms with Crippen molar-refractivity contribution in [2.45, 2.75) is 12.5 Å². The Hall–Kier alpha value is -2.69. The smallest absolute Gasteiger partial charge is 0.257 e. The highest BCUT2D eigenvalue weighted by Crippen LogP contribution is 2.25. The van der Waals surface area contributed by atoms with E-state index in [9.17, 15) is 19.1 Å². The molecule has 160 valence electrons. The molecule has 0 fully saturated rings. The molecule has 0 aliphatic carbocycles. The van der Waals surface area contributed by atoms with E-state index in [2.05, 4.69) is 4.98 Å². The third kappa shape index (κ3) is 4.72. The van der Waals surface area contributed by atoms with Crippen LogP contribution in [0.1, 0.15) is 16.1 Å². The third-order valence-electron chi connectivity index (χ3n) is 4.59. The first-order valence-electron chi connectivity index (χ1n) is 8.98. The fraction of sp³-hybridized carbons (Fsp3) is 0.316. The number of nitrogen functional groups attached to an aromatic ring is 1. The number of hydrogen-bond acceptors (Lipinski definition) is 6. The van der Waals surface area contributed by atoms with Crippen LogP contribution in [0.2, 0.25) is 5.02 Å². The number of likely N-dealkylation sites (N-methyl/N-ethyl adjacent to an activating group) is 2. The maximum Gasteiger partial charge on any atom is 0.257 e. The van der Waals surface area contributed by atoms with Crippen molar-refractivity contribution in [2.24, 2.45) is 0 Å². The van der Waals surface area contributed by atoms with Gasteiger partial charge in [-0.1, -0.05) is 11.6 Å². The second kappa shape index (κ2) is 8.99. The largest absolute Gasteiger partial charge is 0.398 e. The Kier molecular flexibility index (Phi) is 6.59. The van der Waals surface area contributed by atoms with Gasteiger partial charge in [0.2, 0.25) is 5.91 Å². The minimum atomic E-state index is -0.996. The van der Waals surface area contributed by atoms with Gasteiger partial charge in [0.05, 0.1) is 23.1 Å². The van der Waals surface area contributed by atoms with E-state index in [1.54, 1.807) is 19.4 Å². The first kappa shape index (κ1) is 22.0. The SMILES string of the molecule is CN(CC(O)CN(C)C(=O)c1c(N)cc(F)cc1Cl)C(=O)Cc1csc2nccn12. The zero-order chi connectivity index (χ0) is 22.0. The molecular formula is C19H21ClFN5O3S. The number of carbonyl (C=O) groups excluding carboxylic acids is 2. The van der Waals surface area contributed by atoms with Crippen molar-refractivity contribution in [3.05, 3.63) is 52.0 Å². The van der Waals surface area contributed by atoms with Crippen LogP contribution in [0.15, 0.2) is 29.9 Å². The minimum absolute atomic E-state index is 0.0281. The van der Waals surface area contributed by atoms with Gasteiger partial charge < -0.3 is 20.6 Å². The Morgan fingerprint density at radius 1 is 1.33 bits per heavy atom. The number of nitrogens with zero attached hydrogens (tertiary/aromatic N) is 4. The number of aliphatic hydroxyl groups excluding tert-OH is 1. The number of fused-ring (bicyclic) bond motifs is 1. The Bertz CT molecular complexity index is 1060. The van der Waals surface area contributed by atoms with Crippen LogP contribution < -0.4 is 5.73 Å². The van der Waals surface area contributed by atoms with E-state index >= 15 is 0 Å². The molecule has 0 aliphatic heterocycles. The lowest BCUT2D eigenvalue weighted by molar-refractivity contribution is -0.130. The van der Waals surface area contributed by atoms with Crippen LogP contribution in [0, 0.1) is 5.82 Å². The van der Waals surface area contributed by atoms with E-state index < -0.39 is 17.8 Å². The van der Waals surface area contributed by atoms with Gasteiger partial charge >= 0.3 is 0 Å². The number of amides is 2. The number of benzene rings is 1. The van der Waals surface area contributed by atoms with Crippen LogP contribution in [-0.4, -0.2) is 69.4 Å². The van der Waals surface area contributed by atoms with Gasteiger partial charge in [-0.05, 0) is 12.1 Å². The number of aromatic nitrogens is 2. The molecule has 0 bridgehead atoms. The number of rotatable bonds is 7. The maximum absolute atomic E-state index is 13.3. The number of halogens is 2. The van der Waals surface area contributed by atoms with Gasteiger partial charge in [-0.15, -0.1) is 11.3 Å². The van der Waals surface area contributed by atoms with E-state index in [0.717, 1.165) is 22.8 Å². The second-order valence-corrected chi connectivity index (χ2v) is 8.19. The average molecular weight is 454 g/mol. The molecule has 0 aliphatic rings. The van der Waals surface area contributed by atoms with Crippen molar-refractivity contribution in [3.63, 3.8) is 0 Å². The minimum Gasteiger partial charge on any atom is -0.398 e. The molecule has 3 aromatic rings. The van der Waals surface area contributed by atoms with Crippen molar-refractivity contribution < 1.29 is 19.1 Å². The molecule has 3 N–H and O–H groups in total. The lowest BCUT2D eigenvalue weighted by Crippen LogP contribution is -2.42. The molecule has 2 heterocycles. The lowest BCUT2D eigenvalue weighted by atomic mass is 10.1. The summed E-state index contributed by atoms with van der Waals surface area (Å²) in [6.07, 6.45) is 2.62. The molecule has 0 radical (unpaired) electrons. The predicted molar refractivity (Wildman–Crippen MR) is 113 cm³/mol. The Morgan fingerprint density at radius 2 is 2.03 bits per heavy atom. The van der Waals surface area contributed by atoms with E-state index in [1.807, 2.05) is 9.78 Å². The quantitative estimate of drug-likeness (QED) is 0.532. The zero-order valence-electron chi connectivity index (χ0n) is 16.4. The van der Waals surface area contributed by atoms with Crippen molar-refractivity contribution >= 4 is 45.4 Å². The summed E-state index contributed by atoms with van der Waals surface area (Å²) in [4.78, 5) is 32.7. The maximum atomic E-state index is 13.3. The number of nitrogens with two attached hydrogens (primary N) is 1. The van der Waals surface area contributed by atoms with Gasteiger partial charge in [0.25, 0.3) is 5.91 Å². The molecule has 2 amide bonds. The van der Waals surface area contributed by atoms with Crippen LogP contribution in [0.3, 0.4) is 0 Å². The van der Waals surface area contributed by atoms with E-state index in [1.165, 1.54) is 28.2 Å². The summed E-state index contributed by atoms with van der Waals surface area (Å²) in [7, 11) is 3.05. The summed E-state index contributed by atoms with van der Waals surface area (Å²) >= 11 is 7.39. The molecule has 1 atom stereocenters. The summed E-state index contributed by atoms with van der Waals surface area (Å²) in [5, 5.41) is 12.1. The summed E-state index contributed by atoms with van der Waals surface area (Å²) in [5.74, 6) is -1.37. The normalized spacial score (nSPS) is 12.2. The predicted octanol–water partition coefficient (Wildman–Crippen LogP) is 1.90. The number of imidazole rings is 1. The number of anilines is 1. The fourth-order valence-electron chi connectivity index (χ4n) is 3.07. The van der Waals surface area contributed by atoms with Crippen LogP contribution in [0.25, 0.3) is 4.96 Å². The highest BCUT2D eigenvalue weighted by Gasteiger charge is 2.23. The molecule has 1 aromatic carbocycles. The number of carbonyl (C=O) groups is 2. The fourth-order valence-corrected chi connectivity index (χ4v) is 4.22. The van der Waals surface area contributed by atoms with Gasteiger partial charge in [0.15, 0.2) is 4.96 Å². The summed E-state index contributed by atoms with van der Waals surface area (Å²) in [6, 6.07) is 2.01. The molecule has 11 heteroatoms. The van der Waals surface area contributed by atoms with Gasteiger partial charge in [0.1, 0.15) is 5.82 Å². The van der Waals surface area contributed by atoms with Crippen LogP contribution >= 0.6 is 22.9 Å². The number of thiazole rings is 1. The van der Waals surface area contributed by atoms with E-state index in [4.69, 9.17) is 17.3 Å². The van der Waals surface area contributed by atoms with Gasteiger partial charge in [-0.25, -0.2) is 9.37 Å². The summed E-state index contributed by atoms with van der Waals surface area (Å²) in [6.45, 7) is -0.0336. The zero-order valence-corrected chi connectivity index (χ0v) is 18.0. The molecule has 0 saturated carbocycles. The van der Waals surface area contributed by atoms with E-state index in [0.29, 0.717) is 0 Å². The van der Waals surface area contributed by atoms with Crippen LogP contribution in [0.4, 0.5) is 10.1 Å². The monoisotopic (exact) mass is 453 g/mol. The molecule has 3 rings (SSSR count). The Morgan fingerprint density at radius 3 is 2.73 bits per heavy atom. The highest BCUT2D eigenvalue weighted by atomic mass is 35.5. The van der Waals surface area contributed by atoms with Gasteiger partial charge in [-0.2, -0.15) is 0 Å². The first-order chi connectivity index (χ1) is 14.2. The Labute approximate surface area is 181 Å². The van der Waals surface area contributed by atoms with Crippen molar-refractivity contribution in [1.82, 2.24) is 19.2 Å². The molecule has 8 nitrogen and oxygen atoms in total. The average Bonchev–Trinajstić information content (AvgIpc) is 3.25. The highest BCUT2D eigenvalue weighted by molar-refractivity contribution is 7.15. The third-order valence-corrected chi connectivity index (χ3v) is 5.79. The Balaban J connectivity index is 1.57. The van der Waals surface area contributed by atoms with E-state index in [-0.39, 0.29) is 41.7 Å². The summed E-state index contributed by atoms with van der Waals surface area (Å²) < 4.78 is 15.2. The molecule has 1 unspecified atom stereocenters. The lowest BCUT2D eigenvalue weighted by Gasteiger charge is -2.25. The molecule has 0 saturated heterocycles. The number of hydrogen-bond donors (Lipinski definition) is 2.